The van der Waals surface area contributed by atoms with Crippen molar-refractivity contribution in [2.75, 3.05) is 13.6 Å². The van der Waals surface area contributed by atoms with Gasteiger partial charge >= 0.3 is 6.18 Å². The number of alkyl halides is 3. The van der Waals surface area contributed by atoms with Crippen LogP contribution in [0.25, 0.3) is 0 Å². The van der Waals surface area contributed by atoms with E-state index in [0.717, 1.165) is 37.4 Å². The average molecular weight is 243 g/mol. The van der Waals surface area contributed by atoms with Crippen molar-refractivity contribution < 1.29 is 13.2 Å². The molecule has 1 aliphatic rings. The SMILES string of the molecule is CN1CCCCC1c1cccc(C(F)(F)F)c1. The van der Waals surface area contributed by atoms with E-state index in [4.69, 9.17) is 0 Å². The van der Waals surface area contributed by atoms with Gasteiger partial charge in [0.1, 0.15) is 0 Å². The first-order chi connectivity index (χ1) is 7.98. The van der Waals surface area contributed by atoms with E-state index in [1.54, 1.807) is 6.07 Å². The third-order valence-corrected chi connectivity index (χ3v) is 3.37. The second kappa shape index (κ2) is 4.69. The fourth-order valence-electron chi connectivity index (χ4n) is 2.42. The molecule has 2 rings (SSSR count). The molecular weight excluding hydrogens is 227 g/mol. The molecule has 0 aromatic heterocycles. The summed E-state index contributed by atoms with van der Waals surface area (Å²) in [6, 6.07) is 5.84. The molecule has 1 atom stereocenters. The Morgan fingerprint density at radius 1 is 1.24 bits per heavy atom. The van der Waals surface area contributed by atoms with E-state index >= 15 is 0 Å². The summed E-state index contributed by atoms with van der Waals surface area (Å²) in [6.07, 6.45) is -1.09. The van der Waals surface area contributed by atoms with Gasteiger partial charge in [-0.1, -0.05) is 18.6 Å². The van der Waals surface area contributed by atoms with Crippen LogP contribution in [0.5, 0.6) is 0 Å². The minimum Gasteiger partial charge on any atom is -0.299 e. The Balaban J connectivity index is 2.26. The second-order valence-electron chi connectivity index (χ2n) is 4.62. The van der Waals surface area contributed by atoms with Crippen LogP contribution in [0.15, 0.2) is 24.3 Å². The first-order valence-corrected chi connectivity index (χ1v) is 5.86. The highest BCUT2D eigenvalue weighted by molar-refractivity contribution is 5.28. The Labute approximate surface area is 99.2 Å². The molecule has 0 saturated carbocycles. The maximum atomic E-state index is 12.6. The molecule has 1 saturated heterocycles. The summed E-state index contributed by atoms with van der Waals surface area (Å²) >= 11 is 0. The lowest BCUT2D eigenvalue weighted by Crippen LogP contribution is -2.29. The summed E-state index contributed by atoms with van der Waals surface area (Å²) in [6.45, 7) is 0.959. The van der Waals surface area contributed by atoms with Crippen molar-refractivity contribution in [3.63, 3.8) is 0 Å². The Morgan fingerprint density at radius 3 is 2.65 bits per heavy atom. The second-order valence-corrected chi connectivity index (χ2v) is 4.62. The zero-order valence-electron chi connectivity index (χ0n) is 9.80. The summed E-state index contributed by atoms with van der Waals surface area (Å²) in [4.78, 5) is 2.14. The summed E-state index contributed by atoms with van der Waals surface area (Å²) in [5.41, 5.74) is 0.232. The summed E-state index contributed by atoms with van der Waals surface area (Å²) in [5, 5.41) is 0. The third-order valence-electron chi connectivity index (χ3n) is 3.37. The molecule has 1 aromatic carbocycles. The zero-order chi connectivity index (χ0) is 12.5. The molecule has 4 heteroatoms. The molecule has 0 aliphatic carbocycles. The first-order valence-electron chi connectivity index (χ1n) is 5.86. The average Bonchev–Trinajstić information content (AvgIpc) is 2.29. The van der Waals surface area contributed by atoms with Crippen LogP contribution in [0.1, 0.15) is 36.4 Å². The lowest BCUT2D eigenvalue weighted by Gasteiger charge is -2.33. The number of hydrogen-bond donors (Lipinski definition) is 0. The Hall–Kier alpha value is -1.03. The highest BCUT2D eigenvalue weighted by atomic mass is 19.4. The van der Waals surface area contributed by atoms with Gasteiger partial charge in [-0.3, -0.25) is 4.90 Å². The lowest BCUT2D eigenvalue weighted by atomic mass is 9.94. The van der Waals surface area contributed by atoms with E-state index in [9.17, 15) is 13.2 Å². The van der Waals surface area contributed by atoms with Gasteiger partial charge in [0.2, 0.25) is 0 Å². The van der Waals surface area contributed by atoms with Gasteiger partial charge in [0.25, 0.3) is 0 Å². The van der Waals surface area contributed by atoms with Gasteiger partial charge in [-0.05, 0) is 44.1 Å². The maximum Gasteiger partial charge on any atom is 0.416 e. The molecule has 0 bridgehead atoms. The van der Waals surface area contributed by atoms with E-state index in [2.05, 4.69) is 4.90 Å². The number of halogens is 3. The quantitative estimate of drug-likeness (QED) is 0.724. The van der Waals surface area contributed by atoms with Crippen molar-refractivity contribution in [3.05, 3.63) is 35.4 Å². The predicted octanol–water partition coefficient (Wildman–Crippen LogP) is 3.86. The normalized spacial score (nSPS) is 22.7. The van der Waals surface area contributed by atoms with E-state index in [1.165, 1.54) is 12.1 Å². The minimum absolute atomic E-state index is 0.131. The molecule has 1 aliphatic heterocycles. The number of hydrogen-bond acceptors (Lipinski definition) is 1. The van der Waals surface area contributed by atoms with Gasteiger partial charge < -0.3 is 0 Å². The van der Waals surface area contributed by atoms with Crippen LogP contribution in [-0.2, 0) is 6.18 Å². The molecule has 0 spiro atoms. The number of nitrogens with zero attached hydrogens (tertiary/aromatic N) is 1. The third kappa shape index (κ3) is 2.80. The fraction of sp³-hybridized carbons (Fsp3) is 0.538. The fourth-order valence-corrected chi connectivity index (χ4v) is 2.42. The molecule has 1 heterocycles. The lowest BCUT2D eigenvalue weighted by molar-refractivity contribution is -0.137. The van der Waals surface area contributed by atoms with Gasteiger partial charge in [-0.15, -0.1) is 0 Å². The van der Waals surface area contributed by atoms with E-state index in [-0.39, 0.29) is 6.04 Å². The molecule has 94 valence electrons. The van der Waals surface area contributed by atoms with Crippen LogP contribution >= 0.6 is 0 Å². The van der Waals surface area contributed by atoms with Crippen molar-refractivity contribution in [2.24, 2.45) is 0 Å². The van der Waals surface area contributed by atoms with Crippen LogP contribution in [0.4, 0.5) is 13.2 Å². The largest absolute Gasteiger partial charge is 0.416 e. The number of likely N-dealkylation sites (tertiary alicyclic amines) is 1. The molecule has 0 radical (unpaired) electrons. The Kier molecular flexibility index (Phi) is 3.43. The highest BCUT2D eigenvalue weighted by Gasteiger charge is 2.31. The van der Waals surface area contributed by atoms with Crippen LogP contribution in [-0.4, -0.2) is 18.5 Å². The van der Waals surface area contributed by atoms with Crippen molar-refractivity contribution in [3.8, 4) is 0 Å². The predicted molar refractivity (Wildman–Crippen MR) is 60.7 cm³/mol. The topological polar surface area (TPSA) is 3.24 Å². The van der Waals surface area contributed by atoms with E-state index in [1.807, 2.05) is 7.05 Å². The molecule has 1 aromatic rings. The van der Waals surface area contributed by atoms with Crippen molar-refractivity contribution in [2.45, 2.75) is 31.5 Å². The van der Waals surface area contributed by atoms with E-state index < -0.39 is 11.7 Å². The van der Waals surface area contributed by atoms with Crippen molar-refractivity contribution in [1.82, 2.24) is 4.90 Å². The Morgan fingerprint density at radius 2 is 2.00 bits per heavy atom. The van der Waals surface area contributed by atoms with Crippen molar-refractivity contribution in [1.29, 1.82) is 0 Å². The van der Waals surface area contributed by atoms with Gasteiger partial charge in [0.15, 0.2) is 0 Å². The van der Waals surface area contributed by atoms with Gasteiger partial charge in [-0.2, -0.15) is 13.2 Å². The smallest absolute Gasteiger partial charge is 0.299 e. The van der Waals surface area contributed by atoms with E-state index in [0.29, 0.717) is 0 Å². The summed E-state index contributed by atoms with van der Waals surface area (Å²) in [7, 11) is 1.98. The van der Waals surface area contributed by atoms with Crippen LogP contribution in [0, 0.1) is 0 Å². The molecule has 0 N–H and O–H groups in total. The Bertz CT molecular complexity index is 386. The minimum atomic E-state index is -4.25. The zero-order valence-corrected chi connectivity index (χ0v) is 9.80. The summed E-state index contributed by atoms with van der Waals surface area (Å²) < 4.78 is 37.9. The summed E-state index contributed by atoms with van der Waals surface area (Å²) in [5.74, 6) is 0. The number of benzene rings is 1. The van der Waals surface area contributed by atoms with Crippen LogP contribution < -0.4 is 0 Å². The van der Waals surface area contributed by atoms with Gasteiger partial charge in [-0.25, -0.2) is 0 Å². The van der Waals surface area contributed by atoms with Crippen LogP contribution in [0.3, 0.4) is 0 Å². The molecule has 1 unspecified atom stereocenters. The van der Waals surface area contributed by atoms with Gasteiger partial charge in [0, 0.05) is 6.04 Å². The molecule has 1 fully saturated rings. The molecule has 0 amide bonds. The standard InChI is InChI=1S/C13H16F3N/c1-17-8-3-2-7-12(17)10-5-4-6-11(9-10)13(14,15)16/h4-6,9,12H,2-3,7-8H2,1H3. The highest BCUT2D eigenvalue weighted by Crippen LogP contribution is 2.34. The molecule has 1 nitrogen and oxygen atoms in total. The number of rotatable bonds is 1. The monoisotopic (exact) mass is 243 g/mol. The number of piperidine rings is 1. The first kappa shape index (κ1) is 12.4. The maximum absolute atomic E-state index is 12.6. The molecular formula is C13H16F3N. The van der Waals surface area contributed by atoms with Crippen molar-refractivity contribution >= 4 is 0 Å². The molecule has 17 heavy (non-hydrogen) atoms. The van der Waals surface area contributed by atoms with Crippen LogP contribution in [0.2, 0.25) is 0 Å². The van der Waals surface area contributed by atoms with Gasteiger partial charge in [0.05, 0.1) is 5.56 Å².